The Bertz CT molecular complexity index is 2030. The molecule has 1 unspecified atom stereocenters. The Morgan fingerprint density at radius 2 is 0.774 bits per heavy atom. The minimum absolute atomic E-state index is 0.105. The highest BCUT2D eigenvalue weighted by molar-refractivity contribution is 9.10. The number of carbonyl (C=O) groups is 5. The lowest BCUT2D eigenvalue weighted by molar-refractivity contribution is -0.292. The van der Waals surface area contributed by atoms with Crippen LogP contribution in [-0.4, -0.2) is 65.6 Å². The summed E-state index contributed by atoms with van der Waals surface area (Å²) in [5.74, 6) is -4.34. The van der Waals surface area contributed by atoms with Crippen LogP contribution in [-0.2, 0) is 28.4 Å². The van der Waals surface area contributed by atoms with Gasteiger partial charge in [-0.05, 0) is 76.6 Å². The molecule has 1 aliphatic heterocycles. The second-order valence-corrected chi connectivity index (χ2v) is 13.0. The van der Waals surface area contributed by atoms with E-state index in [9.17, 15) is 24.0 Å². The summed E-state index contributed by atoms with van der Waals surface area (Å²) in [6.45, 7) is -0.675. The summed E-state index contributed by atoms with van der Waals surface area (Å²) in [5, 5.41) is 0. The zero-order valence-corrected chi connectivity index (χ0v) is 29.4. The quantitative estimate of drug-likeness (QED) is 0.0792. The number of halogens is 1. The van der Waals surface area contributed by atoms with Crippen molar-refractivity contribution in [3.05, 3.63) is 179 Å². The Balaban J connectivity index is 1.45. The summed E-state index contributed by atoms with van der Waals surface area (Å²) in [4.78, 5) is 67.9. The minimum Gasteiger partial charge on any atom is -0.458 e. The Morgan fingerprint density at radius 3 is 1.17 bits per heavy atom. The highest BCUT2D eigenvalue weighted by Crippen LogP contribution is 2.41. The molecular weight excluding hydrogens is 748 g/mol. The molecule has 5 atom stereocenters. The number of hydrogen-bond donors (Lipinski definition) is 0. The first-order valence-electron chi connectivity index (χ1n) is 16.3. The summed E-state index contributed by atoms with van der Waals surface area (Å²) in [7, 11) is 0. The van der Waals surface area contributed by atoms with E-state index in [1.807, 2.05) is 0 Å². The van der Waals surface area contributed by atoms with Crippen molar-refractivity contribution >= 4 is 45.8 Å². The van der Waals surface area contributed by atoms with Gasteiger partial charge in [-0.25, -0.2) is 24.0 Å². The van der Waals surface area contributed by atoms with Gasteiger partial charge in [0.2, 0.25) is 16.9 Å². The molecule has 0 aliphatic carbocycles. The van der Waals surface area contributed by atoms with Gasteiger partial charge in [0.05, 0.1) is 27.8 Å². The lowest BCUT2D eigenvalue weighted by atomic mass is 9.97. The molecule has 0 bridgehead atoms. The first-order valence-corrected chi connectivity index (χ1v) is 17.1. The zero-order chi connectivity index (χ0) is 37.2. The third-order valence-corrected chi connectivity index (χ3v) is 8.89. The number of rotatable bonds is 11. The van der Waals surface area contributed by atoms with Gasteiger partial charge in [-0.1, -0.05) is 91.0 Å². The van der Waals surface area contributed by atoms with Gasteiger partial charge in [0.15, 0.2) is 12.2 Å². The molecule has 53 heavy (non-hydrogen) atoms. The molecule has 5 aromatic carbocycles. The molecule has 11 nitrogen and oxygen atoms in total. The molecule has 0 spiro atoms. The Kier molecular flexibility index (Phi) is 11.7. The van der Waals surface area contributed by atoms with Crippen LogP contribution in [0.4, 0.5) is 0 Å². The predicted molar refractivity (Wildman–Crippen MR) is 192 cm³/mol. The van der Waals surface area contributed by atoms with E-state index in [1.54, 1.807) is 91.0 Å². The average Bonchev–Trinajstić information content (AvgIpc) is 3.21. The SMILES string of the molecule is O=C(OCC1(Br)O[C@@H](OC(=O)c2ccccc2)[C@H](OC(=O)c2ccccc2)[C@@H](OC(=O)c2ccccc2)[C@@H]1OC(=O)c1ccccc1)c1ccccc1. The maximum absolute atomic E-state index is 13.8. The molecule has 268 valence electrons. The number of carbonyl (C=O) groups excluding carboxylic acids is 5. The molecule has 0 N–H and O–H groups in total. The van der Waals surface area contributed by atoms with Crippen molar-refractivity contribution in [2.75, 3.05) is 6.61 Å². The van der Waals surface area contributed by atoms with Crippen LogP contribution in [0.25, 0.3) is 0 Å². The second-order valence-electron chi connectivity index (χ2n) is 11.6. The molecule has 0 amide bonds. The van der Waals surface area contributed by atoms with Gasteiger partial charge in [0, 0.05) is 0 Å². The van der Waals surface area contributed by atoms with Crippen molar-refractivity contribution in [2.45, 2.75) is 29.1 Å². The van der Waals surface area contributed by atoms with Crippen LogP contribution >= 0.6 is 15.9 Å². The maximum Gasteiger partial charge on any atom is 0.340 e. The van der Waals surface area contributed by atoms with Gasteiger partial charge in [-0.15, -0.1) is 0 Å². The molecule has 6 rings (SSSR count). The van der Waals surface area contributed by atoms with Crippen molar-refractivity contribution in [2.24, 2.45) is 0 Å². The summed E-state index contributed by atoms with van der Waals surface area (Å²) in [6.07, 6.45) is -7.01. The lowest BCUT2D eigenvalue weighted by Crippen LogP contribution is -2.67. The lowest BCUT2D eigenvalue weighted by Gasteiger charge is -2.47. The van der Waals surface area contributed by atoms with Crippen LogP contribution in [0, 0.1) is 0 Å². The van der Waals surface area contributed by atoms with Crippen LogP contribution in [0.1, 0.15) is 51.8 Å². The average molecular weight is 780 g/mol. The van der Waals surface area contributed by atoms with Gasteiger partial charge in [0.25, 0.3) is 0 Å². The topological polar surface area (TPSA) is 141 Å². The molecule has 12 heteroatoms. The van der Waals surface area contributed by atoms with Crippen LogP contribution in [0.3, 0.4) is 0 Å². The number of benzene rings is 5. The molecule has 1 saturated heterocycles. The smallest absolute Gasteiger partial charge is 0.340 e. The molecule has 0 radical (unpaired) electrons. The number of hydrogen-bond acceptors (Lipinski definition) is 11. The van der Waals surface area contributed by atoms with Crippen molar-refractivity contribution in [3.63, 3.8) is 0 Å². The summed E-state index contributed by atoms with van der Waals surface area (Å²) in [6, 6.07) is 39.8. The van der Waals surface area contributed by atoms with Gasteiger partial charge in [0.1, 0.15) is 6.61 Å². The van der Waals surface area contributed by atoms with Crippen molar-refractivity contribution in [1.82, 2.24) is 0 Å². The molecule has 0 aromatic heterocycles. The molecule has 1 heterocycles. The minimum atomic E-state index is -2.07. The van der Waals surface area contributed by atoms with Crippen LogP contribution < -0.4 is 0 Å². The summed E-state index contributed by atoms with van der Waals surface area (Å²) < 4.78 is 33.8. The molecular formula is C41H31BrO11. The molecule has 0 saturated carbocycles. The van der Waals surface area contributed by atoms with Crippen LogP contribution in [0.5, 0.6) is 0 Å². The largest absolute Gasteiger partial charge is 0.458 e. The molecule has 5 aromatic rings. The van der Waals surface area contributed by atoms with E-state index in [1.165, 1.54) is 60.7 Å². The summed E-state index contributed by atoms with van der Waals surface area (Å²) >= 11 is 3.48. The highest BCUT2D eigenvalue weighted by atomic mass is 79.9. The van der Waals surface area contributed by atoms with Gasteiger partial charge in [-0.3, -0.25) is 0 Å². The third-order valence-electron chi connectivity index (χ3n) is 8.02. The fourth-order valence-electron chi connectivity index (χ4n) is 5.37. The first kappa shape index (κ1) is 36.7. The van der Waals surface area contributed by atoms with Gasteiger partial charge in [-0.2, -0.15) is 0 Å². The van der Waals surface area contributed by atoms with Gasteiger partial charge < -0.3 is 28.4 Å². The van der Waals surface area contributed by atoms with E-state index in [2.05, 4.69) is 15.9 Å². The number of esters is 5. The first-order chi connectivity index (χ1) is 25.7. The second kappa shape index (κ2) is 16.9. The maximum atomic E-state index is 13.8. The van der Waals surface area contributed by atoms with Crippen molar-refractivity contribution in [3.8, 4) is 0 Å². The van der Waals surface area contributed by atoms with Crippen LogP contribution in [0.2, 0.25) is 0 Å². The van der Waals surface area contributed by atoms with E-state index in [4.69, 9.17) is 28.4 Å². The van der Waals surface area contributed by atoms with Gasteiger partial charge >= 0.3 is 29.8 Å². The van der Waals surface area contributed by atoms with E-state index < -0.39 is 65.6 Å². The Labute approximate surface area is 312 Å². The number of alkyl halides is 1. The fraction of sp³-hybridized carbons (Fsp3) is 0.146. The summed E-state index contributed by atoms with van der Waals surface area (Å²) in [5.41, 5.74) is 0.654. The van der Waals surface area contributed by atoms with Crippen LogP contribution in [0.15, 0.2) is 152 Å². The Morgan fingerprint density at radius 1 is 0.453 bits per heavy atom. The van der Waals surface area contributed by atoms with E-state index in [0.717, 1.165) is 0 Å². The van der Waals surface area contributed by atoms with E-state index in [0.29, 0.717) is 0 Å². The Hall–Kier alpha value is -6.11. The number of ether oxygens (including phenoxy) is 6. The monoisotopic (exact) mass is 778 g/mol. The van der Waals surface area contributed by atoms with Crippen molar-refractivity contribution < 1.29 is 52.4 Å². The molecule has 1 fully saturated rings. The third kappa shape index (κ3) is 9.04. The fourth-order valence-corrected chi connectivity index (χ4v) is 6.02. The van der Waals surface area contributed by atoms with E-state index in [-0.39, 0.29) is 27.8 Å². The zero-order valence-electron chi connectivity index (χ0n) is 27.8. The predicted octanol–water partition coefficient (Wildman–Crippen LogP) is 6.82. The normalized spacial score (nSPS) is 20.6. The van der Waals surface area contributed by atoms with Crippen molar-refractivity contribution in [1.29, 1.82) is 0 Å². The highest BCUT2D eigenvalue weighted by Gasteiger charge is 2.61. The molecule has 1 aliphatic rings. The van der Waals surface area contributed by atoms with E-state index >= 15 is 0 Å². The standard InChI is InChI=1S/C41H31BrO11/c42-41(26-48-35(43)27-16-6-1-7-17-27)34(51-38(46)30-22-12-4-13-23-30)32(49-36(44)28-18-8-2-9-19-28)33(50-37(45)29-20-10-3-11-21-29)40(53-41)52-39(47)31-24-14-5-15-25-31/h1-25,32-34,40H,26H2/t32-,33-,34+,40-,41?/m1/s1.